The maximum Gasteiger partial charge on any atom is 0.338 e. The standard InChI is InChI=1S/C27H24N2O6/c30-26(33-16-18-9-3-1-4-10-18)24-23(21-15-28-22-14-8-7-13-20(21)22)25(35-29(24)32)27(31)34-17-19-11-5-2-6-12-19/h1-15,23-25,28,32H,16-17H2. The third-order valence-corrected chi connectivity index (χ3v) is 6.03. The van der Waals surface area contributed by atoms with Gasteiger partial charge in [-0.2, -0.15) is 0 Å². The molecule has 0 radical (unpaired) electrons. The van der Waals surface area contributed by atoms with Crippen molar-refractivity contribution in [3.63, 3.8) is 0 Å². The average Bonchev–Trinajstić information content (AvgIpc) is 3.47. The van der Waals surface area contributed by atoms with E-state index in [1.165, 1.54) is 0 Å². The fourth-order valence-electron chi connectivity index (χ4n) is 4.30. The zero-order chi connectivity index (χ0) is 24.2. The normalized spacial score (nSPS) is 20.1. The van der Waals surface area contributed by atoms with E-state index in [1.54, 1.807) is 6.20 Å². The molecule has 0 aliphatic carbocycles. The molecule has 35 heavy (non-hydrogen) atoms. The molecule has 3 unspecified atom stereocenters. The number of nitrogens with zero attached hydrogens (tertiary/aromatic N) is 1. The van der Waals surface area contributed by atoms with Gasteiger partial charge in [0.15, 0.2) is 12.1 Å². The van der Waals surface area contributed by atoms with Gasteiger partial charge in [0, 0.05) is 17.1 Å². The third kappa shape index (κ3) is 4.81. The fourth-order valence-corrected chi connectivity index (χ4v) is 4.30. The summed E-state index contributed by atoms with van der Waals surface area (Å²) in [6.07, 6.45) is 0.462. The van der Waals surface area contributed by atoms with Crippen LogP contribution in [0, 0.1) is 0 Å². The smallest absolute Gasteiger partial charge is 0.338 e. The number of ether oxygens (including phenoxy) is 2. The van der Waals surface area contributed by atoms with Gasteiger partial charge in [-0.05, 0) is 22.8 Å². The second-order valence-electron chi connectivity index (χ2n) is 8.28. The maximum absolute atomic E-state index is 13.2. The molecule has 1 fully saturated rings. The number of nitrogens with one attached hydrogen (secondary N) is 1. The van der Waals surface area contributed by atoms with E-state index in [2.05, 4.69) is 4.98 Å². The number of benzene rings is 3. The van der Waals surface area contributed by atoms with Crippen LogP contribution in [0.4, 0.5) is 0 Å². The van der Waals surface area contributed by atoms with Crippen LogP contribution in [0.25, 0.3) is 10.9 Å². The topological polar surface area (TPSA) is 101 Å². The van der Waals surface area contributed by atoms with E-state index < -0.39 is 30.0 Å². The van der Waals surface area contributed by atoms with Crippen LogP contribution in [-0.2, 0) is 37.1 Å². The number of H-pyrrole nitrogens is 1. The van der Waals surface area contributed by atoms with Gasteiger partial charge in [-0.25, -0.2) is 4.79 Å². The van der Waals surface area contributed by atoms with E-state index in [9.17, 15) is 14.8 Å². The first-order valence-electron chi connectivity index (χ1n) is 11.2. The molecule has 0 bridgehead atoms. The zero-order valence-corrected chi connectivity index (χ0v) is 18.7. The Morgan fingerprint density at radius 1 is 0.829 bits per heavy atom. The van der Waals surface area contributed by atoms with Crippen molar-refractivity contribution in [1.29, 1.82) is 0 Å². The predicted molar refractivity (Wildman–Crippen MR) is 126 cm³/mol. The highest BCUT2D eigenvalue weighted by atomic mass is 16.9. The Balaban J connectivity index is 1.42. The molecule has 3 aromatic carbocycles. The highest BCUT2D eigenvalue weighted by Crippen LogP contribution is 2.40. The second kappa shape index (κ2) is 10.1. The van der Waals surface area contributed by atoms with E-state index in [1.807, 2.05) is 84.9 Å². The van der Waals surface area contributed by atoms with Gasteiger partial charge in [0.1, 0.15) is 13.2 Å². The molecule has 0 saturated carbocycles. The predicted octanol–water partition coefficient (Wildman–Crippen LogP) is 4.11. The lowest BCUT2D eigenvalue weighted by molar-refractivity contribution is -0.336. The minimum Gasteiger partial charge on any atom is -0.459 e. The first-order valence-corrected chi connectivity index (χ1v) is 11.2. The Morgan fingerprint density at radius 3 is 2.06 bits per heavy atom. The van der Waals surface area contributed by atoms with E-state index in [0.29, 0.717) is 10.8 Å². The first-order chi connectivity index (χ1) is 17.1. The summed E-state index contributed by atoms with van der Waals surface area (Å²) in [5.41, 5.74) is 3.07. The third-order valence-electron chi connectivity index (χ3n) is 6.03. The van der Waals surface area contributed by atoms with Gasteiger partial charge >= 0.3 is 11.9 Å². The van der Waals surface area contributed by atoms with Crippen LogP contribution in [0.5, 0.6) is 0 Å². The van der Waals surface area contributed by atoms with Crippen LogP contribution in [0.15, 0.2) is 91.1 Å². The molecule has 2 N–H and O–H groups in total. The van der Waals surface area contributed by atoms with Crippen LogP contribution in [0.2, 0.25) is 0 Å². The molecule has 1 aliphatic rings. The number of rotatable bonds is 7. The molecule has 2 heterocycles. The molecule has 8 nitrogen and oxygen atoms in total. The summed E-state index contributed by atoms with van der Waals surface area (Å²) in [6, 6.07) is 24.7. The molecule has 1 aromatic heterocycles. The van der Waals surface area contributed by atoms with Gasteiger partial charge in [0.2, 0.25) is 0 Å². The SMILES string of the molecule is O=C(OCc1ccccc1)C1ON(O)C(C(=O)OCc2ccccc2)C1c1c[nH]c2ccccc12. The van der Waals surface area contributed by atoms with Gasteiger partial charge in [0.05, 0.1) is 5.92 Å². The summed E-state index contributed by atoms with van der Waals surface area (Å²) in [7, 11) is 0. The van der Waals surface area contributed by atoms with E-state index in [4.69, 9.17) is 14.3 Å². The monoisotopic (exact) mass is 472 g/mol. The summed E-state index contributed by atoms with van der Waals surface area (Å²) in [5.74, 6) is -2.28. The first kappa shape index (κ1) is 22.8. The molecule has 1 saturated heterocycles. The molecule has 0 spiro atoms. The Hall–Kier alpha value is -3.98. The highest BCUT2D eigenvalue weighted by Gasteiger charge is 2.53. The van der Waals surface area contributed by atoms with E-state index in [0.717, 1.165) is 22.0 Å². The van der Waals surface area contributed by atoms with Crippen molar-refractivity contribution in [2.45, 2.75) is 31.3 Å². The van der Waals surface area contributed by atoms with Crippen molar-refractivity contribution < 1.29 is 29.1 Å². The molecule has 4 aromatic rings. The zero-order valence-electron chi connectivity index (χ0n) is 18.7. The highest BCUT2D eigenvalue weighted by molar-refractivity contribution is 5.89. The number of hydrogen-bond donors (Lipinski definition) is 2. The number of hydrogen-bond acceptors (Lipinski definition) is 7. The second-order valence-corrected chi connectivity index (χ2v) is 8.28. The van der Waals surface area contributed by atoms with Gasteiger partial charge < -0.3 is 14.5 Å². The summed E-state index contributed by atoms with van der Waals surface area (Å²) < 4.78 is 11.0. The molecule has 3 atom stereocenters. The lowest BCUT2D eigenvalue weighted by Crippen LogP contribution is -2.38. The Bertz CT molecular complexity index is 1310. The number of carbonyl (C=O) groups excluding carboxylic acids is 2. The number of para-hydroxylation sites is 1. The van der Waals surface area contributed by atoms with Crippen LogP contribution in [0.1, 0.15) is 22.6 Å². The quantitative estimate of drug-likeness (QED) is 0.390. The minimum absolute atomic E-state index is 0.0216. The van der Waals surface area contributed by atoms with Crippen molar-refractivity contribution in [2.75, 3.05) is 0 Å². The molecule has 0 amide bonds. The van der Waals surface area contributed by atoms with Crippen LogP contribution in [0.3, 0.4) is 0 Å². The molecule has 5 rings (SSSR count). The summed E-state index contributed by atoms with van der Waals surface area (Å²) >= 11 is 0. The van der Waals surface area contributed by atoms with E-state index in [-0.39, 0.29) is 13.2 Å². The fraction of sp³-hybridized carbons (Fsp3) is 0.185. The summed E-state index contributed by atoms with van der Waals surface area (Å²) in [6.45, 7) is 0.0580. The Labute approximate surface area is 201 Å². The number of esters is 2. The number of hydroxylamine groups is 2. The van der Waals surface area contributed by atoms with Crippen molar-refractivity contribution in [2.24, 2.45) is 0 Å². The average molecular weight is 472 g/mol. The number of fused-ring (bicyclic) bond motifs is 1. The van der Waals surface area contributed by atoms with Gasteiger partial charge in [-0.3, -0.25) is 14.8 Å². The van der Waals surface area contributed by atoms with Crippen molar-refractivity contribution >= 4 is 22.8 Å². The number of carbonyl (C=O) groups is 2. The molecule has 8 heteroatoms. The van der Waals surface area contributed by atoms with Crippen molar-refractivity contribution in [3.05, 3.63) is 108 Å². The summed E-state index contributed by atoms with van der Waals surface area (Å²) in [4.78, 5) is 34.9. The Morgan fingerprint density at radius 2 is 1.40 bits per heavy atom. The van der Waals surface area contributed by atoms with Crippen LogP contribution in [-0.4, -0.2) is 39.5 Å². The molecule has 178 valence electrons. The van der Waals surface area contributed by atoms with Crippen molar-refractivity contribution in [3.8, 4) is 0 Å². The number of aromatic amines is 1. The molecular formula is C27H24N2O6. The van der Waals surface area contributed by atoms with Crippen LogP contribution >= 0.6 is 0 Å². The van der Waals surface area contributed by atoms with E-state index >= 15 is 0 Å². The number of aromatic nitrogens is 1. The Kier molecular flexibility index (Phi) is 6.58. The molecule has 1 aliphatic heterocycles. The largest absolute Gasteiger partial charge is 0.459 e. The van der Waals surface area contributed by atoms with Gasteiger partial charge in [-0.1, -0.05) is 84.1 Å². The molecular weight excluding hydrogens is 448 g/mol. The lowest BCUT2D eigenvalue weighted by atomic mass is 9.87. The maximum atomic E-state index is 13.2. The summed E-state index contributed by atoms with van der Waals surface area (Å²) in [5, 5.41) is 11.8. The van der Waals surface area contributed by atoms with Gasteiger partial charge in [0.25, 0.3) is 0 Å². The van der Waals surface area contributed by atoms with Gasteiger partial charge in [-0.15, -0.1) is 0 Å². The minimum atomic E-state index is -1.27. The lowest BCUT2D eigenvalue weighted by Gasteiger charge is -2.20. The van der Waals surface area contributed by atoms with Crippen molar-refractivity contribution in [1.82, 2.24) is 10.2 Å². The van der Waals surface area contributed by atoms with Crippen LogP contribution < -0.4 is 0 Å².